The lowest BCUT2D eigenvalue weighted by Gasteiger charge is -2.16. The lowest BCUT2D eigenvalue weighted by Crippen LogP contribution is -2.34. The third-order valence-corrected chi connectivity index (χ3v) is 3.64. The molecule has 0 radical (unpaired) electrons. The summed E-state index contributed by atoms with van der Waals surface area (Å²) in [5, 5.41) is 0. The van der Waals surface area contributed by atoms with Crippen LogP contribution >= 0.6 is 0 Å². The standard InChI is InChI=1S/C14H20N2O/c1-9-4-5-10(2)12(6-9)7-14-13(8-17)11(3)15-16-14/h4-6,8,11,13-16H,7H2,1-3H3. The predicted octanol–water partition coefficient (Wildman–Crippen LogP) is 1.53. The van der Waals surface area contributed by atoms with E-state index >= 15 is 0 Å². The molecule has 1 saturated heterocycles. The fraction of sp³-hybridized carbons (Fsp3) is 0.500. The first-order valence-electron chi connectivity index (χ1n) is 6.14. The molecule has 0 spiro atoms. The molecule has 1 heterocycles. The third-order valence-electron chi connectivity index (χ3n) is 3.64. The van der Waals surface area contributed by atoms with Gasteiger partial charge in [0.1, 0.15) is 6.29 Å². The van der Waals surface area contributed by atoms with Gasteiger partial charge in [-0.15, -0.1) is 0 Å². The molecule has 2 N–H and O–H groups in total. The number of hydrazine groups is 1. The van der Waals surface area contributed by atoms with Crippen LogP contribution in [0, 0.1) is 19.8 Å². The minimum Gasteiger partial charge on any atom is -0.303 e. The summed E-state index contributed by atoms with van der Waals surface area (Å²) < 4.78 is 0. The molecule has 1 aromatic carbocycles. The van der Waals surface area contributed by atoms with Crippen LogP contribution in [-0.4, -0.2) is 18.4 Å². The number of carbonyl (C=O) groups excluding carboxylic acids is 1. The molecule has 0 aliphatic carbocycles. The van der Waals surface area contributed by atoms with Gasteiger partial charge in [-0.25, -0.2) is 0 Å². The summed E-state index contributed by atoms with van der Waals surface area (Å²) in [6, 6.07) is 6.89. The maximum Gasteiger partial charge on any atom is 0.126 e. The minimum absolute atomic E-state index is 0.0508. The second-order valence-electron chi connectivity index (χ2n) is 5.03. The van der Waals surface area contributed by atoms with Gasteiger partial charge in [0.25, 0.3) is 0 Å². The van der Waals surface area contributed by atoms with Crippen LogP contribution in [0.1, 0.15) is 23.6 Å². The Morgan fingerprint density at radius 3 is 2.76 bits per heavy atom. The lowest BCUT2D eigenvalue weighted by atomic mass is 9.90. The summed E-state index contributed by atoms with van der Waals surface area (Å²) in [6.07, 6.45) is 1.96. The van der Waals surface area contributed by atoms with Gasteiger partial charge in [0.05, 0.1) is 0 Å². The highest BCUT2D eigenvalue weighted by Crippen LogP contribution is 2.19. The Hall–Kier alpha value is -1.19. The van der Waals surface area contributed by atoms with Crippen LogP contribution < -0.4 is 10.9 Å². The molecule has 3 atom stereocenters. The van der Waals surface area contributed by atoms with E-state index in [4.69, 9.17) is 0 Å². The fourth-order valence-electron chi connectivity index (χ4n) is 2.44. The van der Waals surface area contributed by atoms with E-state index in [1.807, 2.05) is 6.92 Å². The zero-order valence-corrected chi connectivity index (χ0v) is 10.7. The predicted molar refractivity (Wildman–Crippen MR) is 68.7 cm³/mol. The molecule has 2 rings (SSSR count). The average Bonchev–Trinajstić information content (AvgIpc) is 2.64. The summed E-state index contributed by atoms with van der Waals surface area (Å²) >= 11 is 0. The van der Waals surface area contributed by atoms with Gasteiger partial charge in [-0.2, -0.15) is 0 Å². The Kier molecular flexibility index (Phi) is 3.60. The van der Waals surface area contributed by atoms with Crippen molar-refractivity contribution >= 4 is 6.29 Å². The van der Waals surface area contributed by atoms with E-state index in [0.29, 0.717) is 0 Å². The van der Waals surface area contributed by atoms with Crippen LogP contribution in [0.4, 0.5) is 0 Å². The molecule has 0 aromatic heterocycles. The number of aldehydes is 1. The lowest BCUT2D eigenvalue weighted by molar-refractivity contribution is -0.111. The van der Waals surface area contributed by atoms with Crippen LogP contribution in [0.15, 0.2) is 18.2 Å². The Morgan fingerprint density at radius 2 is 2.06 bits per heavy atom. The number of hydrogen-bond acceptors (Lipinski definition) is 3. The fourth-order valence-corrected chi connectivity index (χ4v) is 2.44. The van der Waals surface area contributed by atoms with Crippen molar-refractivity contribution in [1.82, 2.24) is 10.9 Å². The molecule has 3 unspecified atom stereocenters. The molecular formula is C14H20N2O. The van der Waals surface area contributed by atoms with Gasteiger partial charge in [-0.3, -0.25) is 10.9 Å². The van der Waals surface area contributed by atoms with E-state index in [1.54, 1.807) is 0 Å². The smallest absolute Gasteiger partial charge is 0.126 e. The highest BCUT2D eigenvalue weighted by Gasteiger charge is 2.32. The molecule has 1 fully saturated rings. The first-order valence-corrected chi connectivity index (χ1v) is 6.14. The molecule has 3 heteroatoms. The van der Waals surface area contributed by atoms with Crippen LogP contribution in [0.2, 0.25) is 0 Å². The summed E-state index contributed by atoms with van der Waals surface area (Å²) in [6.45, 7) is 6.26. The average molecular weight is 232 g/mol. The molecule has 1 aliphatic rings. The number of hydrogen-bond donors (Lipinski definition) is 2. The van der Waals surface area contributed by atoms with Crippen molar-refractivity contribution in [3.8, 4) is 0 Å². The molecule has 17 heavy (non-hydrogen) atoms. The monoisotopic (exact) mass is 232 g/mol. The Morgan fingerprint density at radius 1 is 1.29 bits per heavy atom. The Bertz CT molecular complexity index is 417. The Balaban J connectivity index is 2.15. The highest BCUT2D eigenvalue weighted by atomic mass is 16.1. The number of nitrogens with one attached hydrogen (secondary N) is 2. The van der Waals surface area contributed by atoms with Crippen molar-refractivity contribution in [2.24, 2.45) is 5.92 Å². The molecule has 1 aliphatic heterocycles. The quantitative estimate of drug-likeness (QED) is 0.776. The second-order valence-corrected chi connectivity index (χ2v) is 5.03. The number of rotatable bonds is 3. The summed E-state index contributed by atoms with van der Waals surface area (Å²) in [4.78, 5) is 11.1. The summed E-state index contributed by atoms with van der Waals surface area (Å²) in [5.41, 5.74) is 10.3. The van der Waals surface area contributed by atoms with Gasteiger partial charge < -0.3 is 4.79 Å². The molecule has 92 valence electrons. The van der Waals surface area contributed by atoms with Crippen LogP contribution in [-0.2, 0) is 11.2 Å². The molecule has 1 aromatic rings. The molecular weight excluding hydrogens is 212 g/mol. The van der Waals surface area contributed by atoms with Gasteiger partial charge in [-0.05, 0) is 38.3 Å². The van der Waals surface area contributed by atoms with Crippen molar-refractivity contribution in [2.45, 2.75) is 39.3 Å². The van der Waals surface area contributed by atoms with E-state index in [9.17, 15) is 4.79 Å². The van der Waals surface area contributed by atoms with Gasteiger partial charge in [0.15, 0.2) is 0 Å². The summed E-state index contributed by atoms with van der Waals surface area (Å²) in [7, 11) is 0. The highest BCUT2D eigenvalue weighted by molar-refractivity contribution is 5.57. The second kappa shape index (κ2) is 4.98. The van der Waals surface area contributed by atoms with Crippen molar-refractivity contribution in [1.29, 1.82) is 0 Å². The first kappa shape index (κ1) is 12.3. The summed E-state index contributed by atoms with van der Waals surface area (Å²) in [5.74, 6) is 0.0508. The van der Waals surface area contributed by atoms with Gasteiger partial charge in [-0.1, -0.05) is 23.8 Å². The normalized spacial score (nSPS) is 28.3. The SMILES string of the molecule is Cc1ccc(C)c(CC2NNC(C)C2C=O)c1. The molecule has 0 saturated carbocycles. The molecule has 0 bridgehead atoms. The third kappa shape index (κ3) is 2.56. The largest absolute Gasteiger partial charge is 0.303 e. The van der Waals surface area contributed by atoms with Crippen molar-refractivity contribution in [2.75, 3.05) is 0 Å². The van der Waals surface area contributed by atoms with E-state index < -0.39 is 0 Å². The first-order chi connectivity index (χ1) is 8.11. The zero-order valence-electron chi connectivity index (χ0n) is 10.7. The van der Waals surface area contributed by atoms with Crippen LogP contribution in [0.5, 0.6) is 0 Å². The van der Waals surface area contributed by atoms with Crippen molar-refractivity contribution < 1.29 is 4.79 Å². The van der Waals surface area contributed by atoms with Crippen molar-refractivity contribution in [3.63, 3.8) is 0 Å². The van der Waals surface area contributed by atoms with E-state index in [0.717, 1.165) is 12.7 Å². The van der Waals surface area contributed by atoms with Crippen LogP contribution in [0.3, 0.4) is 0 Å². The van der Waals surface area contributed by atoms with E-state index in [1.165, 1.54) is 16.7 Å². The van der Waals surface area contributed by atoms with Gasteiger partial charge >= 0.3 is 0 Å². The van der Waals surface area contributed by atoms with E-state index in [-0.39, 0.29) is 18.0 Å². The van der Waals surface area contributed by atoms with Crippen molar-refractivity contribution in [3.05, 3.63) is 34.9 Å². The zero-order chi connectivity index (χ0) is 12.4. The number of carbonyl (C=O) groups is 1. The molecule has 0 amide bonds. The number of benzene rings is 1. The van der Waals surface area contributed by atoms with E-state index in [2.05, 4.69) is 42.9 Å². The molecule has 3 nitrogen and oxygen atoms in total. The topological polar surface area (TPSA) is 41.1 Å². The van der Waals surface area contributed by atoms with Gasteiger partial charge in [0.2, 0.25) is 0 Å². The van der Waals surface area contributed by atoms with Crippen LogP contribution in [0.25, 0.3) is 0 Å². The number of aryl methyl sites for hydroxylation is 2. The van der Waals surface area contributed by atoms with Gasteiger partial charge in [0, 0.05) is 18.0 Å². The Labute approximate surface area is 103 Å². The minimum atomic E-state index is 0.0508. The maximum atomic E-state index is 11.1. The maximum absolute atomic E-state index is 11.1.